The van der Waals surface area contributed by atoms with Gasteiger partial charge in [0.15, 0.2) is 0 Å². The Morgan fingerprint density at radius 2 is 1.86 bits per heavy atom. The van der Waals surface area contributed by atoms with Crippen LogP contribution in [-0.2, 0) is 0 Å². The van der Waals surface area contributed by atoms with Gasteiger partial charge < -0.3 is 0 Å². The molecule has 0 amide bonds. The lowest BCUT2D eigenvalue weighted by atomic mass is 9.55. The molecule has 1 unspecified atom stereocenters. The molecule has 0 heterocycles. The highest BCUT2D eigenvalue weighted by atomic mass is 14.5. The highest BCUT2D eigenvalue weighted by Gasteiger charge is 2.46. The van der Waals surface area contributed by atoms with E-state index in [0.29, 0.717) is 0 Å². The first-order valence-electron chi connectivity index (χ1n) is 9.67. The lowest BCUT2D eigenvalue weighted by molar-refractivity contribution is 0.0259. The fourth-order valence-electron chi connectivity index (χ4n) is 5.16. The van der Waals surface area contributed by atoms with Crippen molar-refractivity contribution in [2.24, 2.45) is 23.2 Å². The first kappa shape index (κ1) is 16.9. The summed E-state index contributed by atoms with van der Waals surface area (Å²) in [5, 5.41) is 9.79. The lowest BCUT2D eigenvalue weighted by Gasteiger charge is -2.48. The molecule has 2 aliphatic rings. The molecule has 0 spiro atoms. The van der Waals surface area contributed by atoms with Gasteiger partial charge in [0.1, 0.15) is 0 Å². The molecule has 0 aromatic carbocycles. The second kappa shape index (κ2) is 8.21. The fraction of sp³-hybridized carbons (Fsp3) is 0.950. The number of nitriles is 1. The Kier molecular flexibility index (Phi) is 6.59. The van der Waals surface area contributed by atoms with Crippen LogP contribution in [-0.4, -0.2) is 0 Å². The Labute approximate surface area is 132 Å². The van der Waals surface area contributed by atoms with Crippen molar-refractivity contribution in [1.82, 2.24) is 0 Å². The molecule has 2 rings (SSSR count). The van der Waals surface area contributed by atoms with Crippen LogP contribution in [0.2, 0.25) is 0 Å². The van der Waals surface area contributed by atoms with Gasteiger partial charge >= 0.3 is 0 Å². The Morgan fingerprint density at radius 3 is 2.57 bits per heavy atom. The van der Waals surface area contributed by atoms with Crippen molar-refractivity contribution in [1.29, 1.82) is 5.26 Å². The van der Waals surface area contributed by atoms with Crippen molar-refractivity contribution in [2.45, 2.75) is 97.3 Å². The van der Waals surface area contributed by atoms with E-state index < -0.39 is 0 Å². The summed E-state index contributed by atoms with van der Waals surface area (Å²) in [6.07, 6.45) is 17.6. The predicted molar refractivity (Wildman–Crippen MR) is 89.9 cm³/mol. The Bertz CT molecular complexity index is 342. The van der Waals surface area contributed by atoms with Gasteiger partial charge in [-0.05, 0) is 43.4 Å². The summed E-state index contributed by atoms with van der Waals surface area (Å²) in [5.41, 5.74) is 0.0315. The van der Waals surface area contributed by atoms with Gasteiger partial charge in [-0.25, -0.2) is 0 Å². The van der Waals surface area contributed by atoms with E-state index in [1.807, 2.05) is 0 Å². The average Bonchev–Trinajstić information content (AvgIpc) is 2.54. The largest absolute Gasteiger partial charge is 0.198 e. The number of rotatable bonds is 7. The van der Waals surface area contributed by atoms with Crippen LogP contribution in [0.4, 0.5) is 0 Å². The summed E-state index contributed by atoms with van der Waals surface area (Å²) in [4.78, 5) is 0. The molecule has 0 radical (unpaired) electrons. The second-order valence-electron chi connectivity index (χ2n) is 7.76. The van der Waals surface area contributed by atoms with Crippen LogP contribution in [0.1, 0.15) is 97.3 Å². The van der Waals surface area contributed by atoms with Crippen molar-refractivity contribution in [3.8, 4) is 6.07 Å². The summed E-state index contributed by atoms with van der Waals surface area (Å²) in [5.74, 6) is 2.51. The summed E-state index contributed by atoms with van der Waals surface area (Å²) in [6.45, 7) is 4.54. The minimum absolute atomic E-state index is 0.0315. The number of hydrogen-bond donors (Lipinski definition) is 0. The lowest BCUT2D eigenvalue weighted by Crippen LogP contribution is -2.41. The molecule has 0 N–H and O–H groups in total. The maximum atomic E-state index is 9.79. The molecule has 0 aromatic rings. The van der Waals surface area contributed by atoms with Gasteiger partial charge in [-0.15, -0.1) is 0 Å². The van der Waals surface area contributed by atoms with Crippen LogP contribution in [0.5, 0.6) is 0 Å². The summed E-state index contributed by atoms with van der Waals surface area (Å²) < 4.78 is 0. The van der Waals surface area contributed by atoms with E-state index in [0.717, 1.165) is 24.2 Å². The molecule has 2 aliphatic carbocycles. The van der Waals surface area contributed by atoms with Gasteiger partial charge in [-0.3, -0.25) is 0 Å². The molecule has 1 nitrogen and oxygen atoms in total. The topological polar surface area (TPSA) is 23.8 Å². The second-order valence-corrected chi connectivity index (χ2v) is 7.76. The molecule has 0 bridgehead atoms. The first-order chi connectivity index (χ1) is 10.3. The zero-order chi connectivity index (χ0) is 15.1. The Morgan fingerprint density at radius 1 is 1.05 bits per heavy atom. The molecule has 120 valence electrons. The summed E-state index contributed by atoms with van der Waals surface area (Å²) in [7, 11) is 0. The van der Waals surface area contributed by atoms with Crippen LogP contribution in [0.15, 0.2) is 0 Å². The molecule has 1 heteroatoms. The number of fused-ring (bicyclic) bond motifs is 1. The van der Waals surface area contributed by atoms with Crippen LogP contribution >= 0.6 is 0 Å². The number of hydrogen-bond acceptors (Lipinski definition) is 1. The van der Waals surface area contributed by atoms with E-state index in [2.05, 4.69) is 19.9 Å². The standard InChI is InChI=1S/C20H35N/c1-3-5-6-7-8-10-17-12-13-18-11-9-14-20(4-2,16-21)19(18)15-17/h17-19H,3-15H2,1-2H3/t17-,18+,19-,20?/m0/s1. The van der Waals surface area contributed by atoms with Crippen LogP contribution in [0, 0.1) is 34.5 Å². The third kappa shape index (κ3) is 4.02. The monoisotopic (exact) mass is 289 g/mol. The van der Waals surface area contributed by atoms with Crippen LogP contribution in [0.25, 0.3) is 0 Å². The molecular formula is C20H35N. The Balaban J connectivity index is 1.85. The number of nitrogens with zero attached hydrogens (tertiary/aromatic N) is 1. The first-order valence-corrected chi connectivity index (χ1v) is 9.67. The zero-order valence-electron chi connectivity index (χ0n) is 14.4. The van der Waals surface area contributed by atoms with E-state index in [1.54, 1.807) is 0 Å². The van der Waals surface area contributed by atoms with Gasteiger partial charge in [0, 0.05) is 0 Å². The molecule has 0 aromatic heterocycles. The SMILES string of the molecule is CCCCCCC[C@H]1CC[C@H]2CCCC(C#N)(CC)[C@H]2C1. The summed E-state index contributed by atoms with van der Waals surface area (Å²) >= 11 is 0. The van der Waals surface area contributed by atoms with Crippen molar-refractivity contribution < 1.29 is 0 Å². The van der Waals surface area contributed by atoms with E-state index in [-0.39, 0.29) is 5.41 Å². The predicted octanol–water partition coefficient (Wildman–Crippen LogP) is 6.48. The highest BCUT2D eigenvalue weighted by molar-refractivity contribution is 5.07. The third-order valence-electron chi connectivity index (χ3n) is 6.58. The quantitative estimate of drug-likeness (QED) is 0.492. The van der Waals surface area contributed by atoms with Gasteiger partial charge in [-0.2, -0.15) is 5.26 Å². The minimum Gasteiger partial charge on any atom is -0.198 e. The van der Waals surface area contributed by atoms with E-state index in [9.17, 15) is 5.26 Å². The van der Waals surface area contributed by atoms with Gasteiger partial charge in [0.2, 0.25) is 0 Å². The van der Waals surface area contributed by atoms with Crippen molar-refractivity contribution in [2.75, 3.05) is 0 Å². The Hall–Kier alpha value is -0.510. The third-order valence-corrected chi connectivity index (χ3v) is 6.58. The number of unbranched alkanes of at least 4 members (excludes halogenated alkanes) is 4. The fourth-order valence-corrected chi connectivity index (χ4v) is 5.16. The molecule has 4 atom stereocenters. The molecule has 0 saturated heterocycles. The molecule has 2 fully saturated rings. The normalized spacial score (nSPS) is 36.0. The maximum Gasteiger partial charge on any atom is 0.0692 e. The molecular weight excluding hydrogens is 254 g/mol. The van der Waals surface area contributed by atoms with E-state index in [4.69, 9.17) is 0 Å². The van der Waals surface area contributed by atoms with Crippen molar-refractivity contribution >= 4 is 0 Å². The summed E-state index contributed by atoms with van der Waals surface area (Å²) in [6, 6.07) is 2.77. The molecule has 2 saturated carbocycles. The van der Waals surface area contributed by atoms with E-state index >= 15 is 0 Å². The van der Waals surface area contributed by atoms with Crippen LogP contribution < -0.4 is 0 Å². The van der Waals surface area contributed by atoms with Crippen molar-refractivity contribution in [3.63, 3.8) is 0 Å². The zero-order valence-corrected chi connectivity index (χ0v) is 14.4. The van der Waals surface area contributed by atoms with Gasteiger partial charge in [0.05, 0.1) is 11.5 Å². The van der Waals surface area contributed by atoms with Crippen molar-refractivity contribution in [3.05, 3.63) is 0 Å². The maximum absolute atomic E-state index is 9.79. The van der Waals surface area contributed by atoms with Gasteiger partial charge in [-0.1, -0.05) is 71.6 Å². The highest BCUT2D eigenvalue weighted by Crippen LogP contribution is 2.54. The minimum atomic E-state index is 0.0315. The van der Waals surface area contributed by atoms with E-state index in [1.165, 1.54) is 77.0 Å². The average molecular weight is 290 g/mol. The van der Waals surface area contributed by atoms with Gasteiger partial charge in [0.25, 0.3) is 0 Å². The molecule has 21 heavy (non-hydrogen) atoms. The smallest absolute Gasteiger partial charge is 0.0692 e. The molecule has 0 aliphatic heterocycles. The van der Waals surface area contributed by atoms with Crippen LogP contribution in [0.3, 0.4) is 0 Å².